The lowest BCUT2D eigenvalue weighted by Gasteiger charge is -2.55. The molecule has 4 saturated carbocycles. The molecule has 8 rings (SSSR count). The number of furan rings is 1. The Morgan fingerprint density at radius 1 is 0.921 bits per heavy atom. The summed E-state index contributed by atoms with van der Waals surface area (Å²) in [6.45, 7) is 1.30. The zero-order chi connectivity index (χ0) is 25.7. The van der Waals surface area contributed by atoms with Gasteiger partial charge in [-0.25, -0.2) is 0 Å². The molecule has 0 saturated heterocycles. The van der Waals surface area contributed by atoms with Gasteiger partial charge in [0.2, 0.25) is 11.8 Å². The Bertz CT molecular complexity index is 1310. The maximum absolute atomic E-state index is 13.4. The molecule has 1 aromatic heterocycles. The Kier molecular flexibility index (Phi) is 5.90. The van der Waals surface area contributed by atoms with Gasteiger partial charge in [-0.1, -0.05) is 30.3 Å². The van der Waals surface area contributed by atoms with Crippen molar-refractivity contribution in [2.24, 2.45) is 23.2 Å². The van der Waals surface area contributed by atoms with E-state index in [1.54, 1.807) is 0 Å². The molecule has 5 aliphatic rings. The highest BCUT2D eigenvalue weighted by Gasteiger charge is 2.54. The average molecular weight is 509 g/mol. The maximum Gasteiger partial charge on any atom is 0.230 e. The van der Waals surface area contributed by atoms with Crippen LogP contribution in [0.2, 0.25) is 0 Å². The summed E-state index contributed by atoms with van der Waals surface area (Å²) < 4.78 is 6.21. The Hall–Kier alpha value is -3.34. The minimum absolute atomic E-state index is 0.141. The summed E-state index contributed by atoms with van der Waals surface area (Å²) in [7, 11) is 0. The molecule has 2 heterocycles. The number of nitrogens with zero attached hydrogens (tertiary/aromatic N) is 1. The first kappa shape index (κ1) is 23.8. The molecule has 0 spiro atoms. The van der Waals surface area contributed by atoms with Crippen molar-refractivity contribution in [3.8, 4) is 11.3 Å². The molecule has 196 valence electrons. The quantitative estimate of drug-likeness (QED) is 0.407. The lowest BCUT2D eigenvalue weighted by Crippen LogP contribution is -2.51. The Morgan fingerprint density at radius 2 is 1.61 bits per heavy atom. The first-order valence-corrected chi connectivity index (χ1v) is 14.4. The number of anilines is 1. The molecule has 5 heteroatoms. The number of benzene rings is 2. The number of aryl methyl sites for hydroxylation is 1. The number of carbonyl (C=O) groups is 2. The normalized spacial score (nSPS) is 27.3. The molecule has 3 aromatic rings. The number of nitrogens with one attached hydrogen (secondary N) is 1. The molecule has 1 N–H and O–H groups in total. The molecule has 4 aliphatic carbocycles. The van der Waals surface area contributed by atoms with E-state index >= 15 is 0 Å². The smallest absolute Gasteiger partial charge is 0.230 e. The fraction of sp³-hybridized carbons (Fsp3) is 0.455. The molecule has 0 unspecified atom stereocenters. The number of carbonyl (C=O) groups excluding carboxylic acids is 2. The van der Waals surface area contributed by atoms with E-state index in [2.05, 4.69) is 23.5 Å². The van der Waals surface area contributed by atoms with E-state index in [0.29, 0.717) is 19.5 Å². The lowest BCUT2D eigenvalue weighted by atomic mass is 9.49. The second-order valence-electron chi connectivity index (χ2n) is 12.3. The van der Waals surface area contributed by atoms with Crippen molar-refractivity contribution < 1.29 is 14.0 Å². The third-order valence-corrected chi connectivity index (χ3v) is 9.64. The van der Waals surface area contributed by atoms with E-state index in [-0.39, 0.29) is 17.2 Å². The highest BCUT2D eigenvalue weighted by atomic mass is 16.3. The van der Waals surface area contributed by atoms with Crippen LogP contribution >= 0.6 is 0 Å². The highest BCUT2D eigenvalue weighted by Crippen LogP contribution is 2.60. The van der Waals surface area contributed by atoms with Gasteiger partial charge in [-0.2, -0.15) is 0 Å². The highest BCUT2D eigenvalue weighted by molar-refractivity contribution is 5.95. The minimum Gasteiger partial charge on any atom is -0.461 e. The molecule has 2 aromatic carbocycles. The zero-order valence-corrected chi connectivity index (χ0v) is 22.0. The fourth-order valence-electron chi connectivity index (χ4n) is 8.11. The summed E-state index contributed by atoms with van der Waals surface area (Å²) in [6.07, 6.45) is 9.29. The van der Waals surface area contributed by atoms with Crippen LogP contribution in [0.3, 0.4) is 0 Å². The summed E-state index contributed by atoms with van der Waals surface area (Å²) in [6, 6.07) is 20.3. The topological polar surface area (TPSA) is 62.6 Å². The second-order valence-corrected chi connectivity index (χ2v) is 12.3. The van der Waals surface area contributed by atoms with Crippen LogP contribution in [0.4, 0.5) is 5.69 Å². The Morgan fingerprint density at radius 3 is 2.29 bits per heavy atom. The van der Waals surface area contributed by atoms with E-state index in [1.165, 1.54) is 24.8 Å². The SMILES string of the molecule is O=C(CCc1ccccc1)N1CCc2oc(-c3ccc(NC(=O)C45CC6CC(CC(C6)C4)C5)cc3)cc2C1. The number of hydrogen-bond acceptors (Lipinski definition) is 3. The van der Waals surface area contributed by atoms with Crippen LogP contribution < -0.4 is 5.32 Å². The van der Waals surface area contributed by atoms with Gasteiger partial charge in [0.1, 0.15) is 11.5 Å². The van der Waals surface area contributed by atoms with Gasteiger partial charge in [-0.05, 0) is 98.6 Å². The van der Waals surface area contributed by atoms with Gasteiger partial charge >= 0.3 is 0 Å². The van der Waals surface area contributed by atoms with Crippen LogP contribution in [0.1, 0.15) is 61.8 Å². The Balaban J connectivity index is 0.985. The molecule has 38 heavy (non-hydrogen) atoms. The van der Waals surface area contributed by atoms with E-state index in [0.717, 1.165) is 78.2 Å². The van der Waals surface area contributed by atoms with Gasteiger partial charge in [-0.3, -0.25) is 9.59 Å². The van der Waals surface area contributed by atoms with E-state index in [4.69, 9.17) is 4.42 Å². The monoisotopic (exact) mass is 508 g/mol. The van der Waals surface area contributed by atoms with Crippen molar-refractivity contribution >= 4 is 17.5 Å². The van der Waals surface area contributed by atoms with Gasteiger partial charge in [-0.15, -0.1) is 0 Å². The number of amides is 2. The van der Waals surface area contributed by atoms with Gasteiger partial charge in [0.05, 0.1) is 5.41 Å². The number of fused-ring (bicyclic) bond motifs is 1. The third kappa shape index (κ3) is 4.46. The molecular formula is C33H36N2O3. The van der Waals surface area contributed by atoms with Gasteiger partial charge < -0.3 is 14.6 Å². The zero-order valence-electron chi connectivity index (χ0n) is 22.0. The van der Waals surface area contributed by atoms with Gasteiger partial charge in [0.15, 0.2) is 0 Å². The van der Waals surface area contributed by atoms with Crippen molar-refractivity contribution in [1.29, 1.82) is 0 Å². The van der Waals surface area contributed by atoms with Crippen LogP contribution in [-0.2, 0) is 29.0 Å². The Labute approximate surface area is 224 Å². The molecule has 0 atom stereocenters. The number of rotatable bonds is 6. The summed E-state index contributed by atoms with van der Waals surface area (Å²) in [5, 5.41) is 3.25. The average Bonchev–Trinajstić information content (AvgIpc) is 3.35. The molecular weight excluding hydrogens is 472 g/mol. The van der Waals surface area contributed by atoms with Crippen LogP contribution in [-0.4, -0.2) is 23.3 Å². The lowest BCUT2D eigenvalue weighted by molar-refractivity contribution is -0.140. The summed E-state index contributed by atoms with van der Waals surface area (Å²) in [5.41, 5.74) is 4.01. The number of hydrogen-bond donors (Lipinski definition) is 1. The van der Waals surface area contributed by atoms with E-state index in [1.807, 2.05) is 47.4 Å². The summed E-state index contributed by atoms with van der Waals surface area (Å²) in [5.74, 6) is 4.51. The molecule has 2 amide bonds. The largest absolute Gasteiger partial charge is 0.461 e. The van der Waals surface area contributed by atoms with E-state index < -0.39 is 0 Å². The first-order valence-electron chi connectivity index (χ1n) is 14.4. The van der Waals surface area contributed by atoms with Gasteiger partial charge in [0, 0.05) is 42.7 Å². The standard InChI is InChI=1S/C33H36N2O3/c36-31(11-6-22-4-2-1-3-5-22)35-13-12-29-27(21-35)17-30(38-29)26-7-9-28(10-8-26)34-32(37)33-18-23-14-24(19-33)16-25(15-23)20-33/h1-5,7-10,17,23-25H,6,11-16,18-21H2,(H,34,37). The van der Waals surface area contributed by atoms with Crippen molar-refractivity contribution in [3.63, 3.8) is 0 Å². The predicted molar refractivity (Wildman–Crippen MR) is 147 cm³/mol. The van der Waals surface area contributed by atoms with E-state index in [9.17, 15) is 9.59 Å². The minimum atomic E-state index is -0.141. The fourth-order valence-corrected chi connectivity index (χ4v) is 8.11. The van der Waals surface area contributed by atoms with Crippen LogP contribution in [0.15, 0.2) is 65.1 Å². The predicted octanol–water partition coefficient (Wildman–Crippen LogP) is 6.62. The molecule has 5 nitrogen and oxygen atoms in total. The third-order valence-electron chi connectivity index (χ3n) is 9.64. The molecule has 1 aliphatic heterocycles. The molecule has 4 bridgehead atoms. The van der Waals surface area contributed by atoms with Crippen LogP contribution in [0.5, 0.6) is 0 Å². The summed E-state index contributed by atoms with van der Waals surface area (Å²) in [4.78, 5) is 28.2. The summed E-state index contributed by atoms with van der Waals surface area (Å²) >= 11 is 0. The molecule has 4 fully saturated rings. The van der Waals surface area contributed by atoms with Crippen molar-refractivity contribution in [3.05, 3.63) is 77.6 Å². The van der Waals surface area contributed by atoms with Crippen molar-refractivity contribution in [2.45, 2.75) is 64.3 Å². The van der Waals surface area contributed by atoms with Crippen LogP contribution in [0, 0.1) is 23.2 Å². The molecule has 0 radical (unpaired) electrons. The first-order chi connectivity index (χ1) is 18.5. The van der Waals surface area contributed by atoms with Crippen molar-refractivity contribution in [2.75, 3.05) is 11.9 Å². The second kappa shape index (κ2) is 9.44. The van der Waals surface area contributed by atoms with Crippen LogP contribution in [0.25, 0.3) is 11.3 Å². The maximum atomic E-state index is 13.4. The van der Waals surface area contributed by atoms with Crippen molar-refractivity contribution in [1.82, 2.24) is 4.90 Å². The van der Waals surface area contributed by atoms with Gasteiger partial charge in [0.25, 0.3) is 0 Å².